The van der Waals surface area contributed by atoms with Crippen LogP contribution in [0.3, 0.4) is 0 Å². The SMILES string of the molecule is C=C1/C=C\C=C/C(=C)N([B]c2c3ccccc3cc3ccccc23)C(=C)/C=C\C(C)=C/C1. The zero-order chi connectivity index (χ0) is 22.5. The Bertz CT molecular complexity index is 1280. The maximum atomic E-state index is 4.35. The van der Waals surface area contributed by atoms with Gasteiger partial charge in [0.25, 0.3) is 7.41 Å². The molecule has 3 aromatic carbocycles. The molecule has 1 heterocycles. The maximum absolute atomic E-state index is 4.35. The number of benzene rings is 3. The van der Waals surface area contributed by atoms with Crippen LogP contribution in [0.5, 0.6) is 0 Å². The molecule has 155 valence electrons. The Morgan fingerprint density at radius 2 is 1.34 bits per heavy atom. The van der Waals surface area contributed by atoms with E-state index < -0.39 is 0 Å². The zero-order valence-corrected chi connectivity index (χ0v) is 18.6. The van der Waals surface area contributed by atoms with Gasteiger partial charge in [-0.3, -0.25) is 0 Å². The second-order valence-electron chi connectivity index (χ2n) is 8.08. The fraction of sp³-hybridized carbons (Fsp3) is 0.0667. The van der Waals surface area contributed by atoms with Gasteiger partial charge < -0.3 is 4.81 Å². The van der Waals surface area contributed by atoms with Gasteiger partial charge in [-0.1, -0.05) is 110 Å². The van der Waals surface area contributed by atoms with Gasteiger partial charge in [-0.25, -0.2) is 0 Å². The van der Waals surface area contributed by atoms with Gasteiger partial charge in [0.1, 0.15) is 0 Å². The fourth-order valence-electron chi connectivity index (χ4n) is 3.84. The average molecular weight is 412 g/mol. The first-order valence-corrected chi connectivity index (χ1v) is 10.8. The molecule has 3 aromatic rings. The largest absolute Gasteiger partial charge is 0.386 e. The van der Waals surface area contributed by atoms with Crippen molar-refractivity contribution in [3.63, 3.8) is 0 Å². The zero-order valence-electron chi connectivity index (χ0n) is 18.6. The molecule has 0 amide bonds. The van der Waals surface area contributed by atoms with Crippen LogP contribution < -0.4 is 5.46 Å². The molecule has 0 aromatic heterocycles. The van der Waals surface area contributed by atoms with E-state index in [0.29, 0.717) is 0 Å². The average Bonchev–Trinajstić information content (AvgIpc) is 2.81. The minimum Gasteiger partial charge on any atom is -0.386 e. The van der Waals surface area contributed by atoms with E-state index in [-0.39, 0.29) is 0 Å². The second kappa shape index (κ2) is 9.57. The Hall–Kier alpha value is -3.78. The van der Waals surface area contributed by atoms with Crippen LogP contribution in [0.4, 0.5) is 0 Å². The smallest absolute Gasteiger partial charge is 0.292 e. The summed E-state index contributed by atoms with van der Waals surface area (Å²) < 4.78 is 0. The van der Waals surface area contributed by atoms with Crippen LogP contribution in [0, 0.1) is 0 Å². The Balaban J connectivity index is 1.82. The van der Waals surface area contributed by atoms with Crippen molar-refractivity contribution < 1.29 is 0 Å². The van der Waals surface area contributed by atoms with Crippen LogP contribution in [-0.2, 0) is 0 Å². The molecule has 2 heteroatoms. The van der Waals surface area contributed by atoms with E-state index in [1.54, 1.807) is 0 Å². The van der Waals surface area contributed by atoms with Gasteiger partial charge >= 0.3 is 0 Å². The normalized spacial score (nSPS) is 20.1. The predicted octanol–water partition coefficient (Wildman–Crippen LogP) is 7.14. The topological polar surface area (TPSA) is 3.24 Å². The van der Waals surface area contributed by atoms with Gasteiger partial charge in [-0.2, -0.15) is 0 Å². The Morgan fingerprint density at radius 1 is 0.750 bits per heavy atom. The number of allylic oxidation sites excluding steroid dienone is 9. The molecule has 1 aliphatic rings. The highest BCUT2D eigenvalue weighted by atomic mass is 15.1. The molecule has 1 nitrogen and oxygen atoms in total. The van der Waals surface area contributed by atoms with Gasteiger partial charge in [0.05, 0.1) is 0 Å². The van der Waals surface area contributed by atoms with E-state index in [1.807, 2.05) is 30.4 Å². The third-order valence-electron chi connectivity index (χ3n) is 5.65. The molecule has 0 saturated heterocycles. The van der Waals surface area contributed by atoms with Crippen molar-refractivity contribution in [3.05, 3.63) is 139 Å². The number of hydrogen-bond donors (Lipinski definition) is 0. The van der Waals surface area contributed by atoms with Crippen LogP contribution >= 0.6 is 0 Å². The Morgan fingerprint density at radius 3 is 2.03 bits per heavy atom. The van der Waals surface area contributed by atoms with Gasteiger partial charge in [-0.15, -0.1) is 0 Å². The number of rotatable bonds is 2. The summed E-state index contributed by atoms with van der Waals surface area (Å²) in [7, 11) is 2.16. The molecule has 1 radical (unpaired) electrons. The molecule has 0 N–H and O–H groups in total. The molecule has 0 unspecified atom stereocenters. The van der Waals surface area contributed by atoms with Crippen molar-refractivity contribution in [2.24, 2.45) is 0 Å². The first-order valence-electron chi connectivity index (χ1n) is 10.8. The van der Waals surface area contributed by atoms with Crippen LogP contribution in [-0.4, -0.2) is 12.2 Å². The van der Waals surface area contributed by atoms with Crippen molar-refractivity contribution >= 4 is 34.4 Å². The van der Waals surface area contributed by atoms with Gasteiger partial charge in [0, 0.05) is 11.4 Å². The summed E-state index contributed by atoms with van der Waals surface area (Å²) in [5.41, 5.74) is 5.09. The number of fused-ring (bicyclic) bond motifs is 2. The summed E-state index contributed by atoms with van der Waals surface area (Å²) in [5, 5.41) is 4.83. The Labute approximate surface area is 192 Å². The molecular weight excluding hydrogens is 385 g/mol. The third-order valence-corrected chi connectivity index (χ3v) is 5.65. The van der Waals surface area contributed by atoms with Gasteiger partial charge in [-0.05, 0) is 58.6 Å². The van der Waals surface area contributed by atoms with Crippen LogP contribution in [0.2, 0.25) is 0 Å². The highest BCUT2D eigenvalue weighted by molar-refractivity contribution is 6.59. The van der Waals surface area contributed by atoms with Crippen molar-refractivity contribution in [3.8, 4) is 0 Å². The lowest BCUT2D eigenvalue weighted by Crippen LogP contribution is -2.34. The standard InChI is InChI=1S/C30H27BN/c1-22-11-5-6-12-24(3)32(25(4)20-19-23(2)18-17-22)31-30-28-15-9-7-13-26(28)21-27-14-8-10-16-29(27)30/h5-16,18-21H,1,3-4,17H2,2H3/b11-5-,12-6-,20-19-,23-18-. The molecule has 0 atom stereocenters. The number of hydrogen-bond acceptors (Lipinski definition) is 1. The highest BCUT2D eigenvalue weighted by Gasteiger charge is 2.16. The molecule has 0 fully saturated rings. The molecule has 0 spiro atoms. The minimum absolute atomic E-state index is 0.825. The lowest BCUT2D eigenvalue weighted by Gasteiger charge is -2.26. The summed E-state index contributed by atoms with van der Waals surface area (Å²) in [6.07, 6.45) is 15.2. The molecule has 0 aliphatic carbocycles. The molecular formula is C30H27BN. The lowest BCUT2D eigenvalue weighted by atomic mass is 9.73. The van der Waals surface area contributed by atoms with E-state index in [4.69, 9.17) is 0 Å². The van der Waals surface area contributed by atoms with Crippen molar-refractivity contribution in [2.45, 2.75) is 13.3 Å². The van der Waals surface area contributed by atoms with E-state index >= 15 is 0 Å². The summed E-state index contributed by atoms with van der Waals surface area (Å²) in [5.74, 6) is 0. The number of nitrogens with zero attached hydrogens (tertiary/aromatic N) is 1. The maximum Gasteiger partial charge on any atom is 0.292 e. The molecule has 4 rings (SSSR count). The summed E-state index contributed by atoms with van der Waals surface area (Å²) >= 11 is 0. The first-order chi connectivity index (χ1) is 15.5. The molecule has 1 aliphatic heterocycles. The lowest BCUT2D eigenvalue weighted by molar-refractivity contribution is 0.726. The molecule has 0 saturated carbocycles. The van der Waals surface area contributed by atoms with Crippen molar-refractivity contribution in [1.82, 2.24) is 4.81 Å². The summed E-state index contributed by atoms with van der Waals surface area (Å²) in [4.78, 5) is 2.06. The van der Waals surface area contributed by atoms with E-state index in [2.05, 4.69) is 106 Å². The fourth-order valence-corrected chi connectivity index (χ4v) is 3.84. The third kappa shape index (κ3) is 4.76. The molecule has 32 heavy (non-hydrogen) atoms. The Kier molecular flexibility index (Phi) is 6.42. The minimum atomic E-state index is 0.825. The van der Waals surface area contributed by atoms with Crippen molar-refractivity contribution in [1.29, 1.82) is 0 Å². The van der Waals surface area contributed by atoms with Gasteiger partial charge in [0.2, 0.25) is 0 Å². The monoisotopic (exact) mass is 412 g/mol. The summed E-state index contributed by atoms with van der Waals surface area (Å²) in [6, 6.07) is 19.3. The van der Waals surface area contributed by atoms with Crippen LogP contribution in [0.15, 0.2) is 139 Å². The van der Waals surface area contributed by atoms with Crippen LogP contribution in [0.25, 0.3) is 21.5 Å². The molecule has 0 bridgehead atoms. The predicted molar refractivity (Wildman–Crippen MR) is 142 cm³/mol. The van der Waals surface area contributed by atoms with E-state index in [1.165, 1.54) is 27.1 Å². The quantitative estimate of drug-likeness (QED) is 0.319. The van der Waals surface area contributed by atoms with E-state index in [0.717, 1.165) is 28.9 Å². The van der Waals surface area contributed by atoms with Crippen LogP contribution in [0.1, 0.15) is 13.3 Å². The van der Waals surface area contributed by atoms with E-state index in [9.17, 15) is 0 Å². The summed E-state index contributed by atoms with van der Waals surface area (Å²) in [6.45, 7) is 14.9. The second-order valence-corrected chi connectivity index (χ2v) is 8.08. The van der Waals surface area contributed by atoms with Gasteiger partial charge in [0.15, 0.2) is 0 Å². The highest BCUT2D eigenvalue weighted by Crippen LogP contribution is 2.23. The first kappa shape index (κ1) is 21.5. The van der Waals surface area contributed by atoms with Crippen molar-refractivity contribution in [2.75, 3.05) is 0 Å².